The molecule has 184 valence electrons. The minimum absolute atomic E-state index is 0.0805. The van der Waals surface area contributed by atoms with Crippen LogP contribution >= 0.6 is 11.6 Å². The summed E-state index contributed by atoms with van der Waals surface area (Å²) in [5.74, 6) is -1.86. The van der Waals surface area contributed by atoms with E-state index in [4.69, 9.17) is 30.5 Å². The molecule has 0 aliphatic heterocycles. The van der Waals surface area contributed by atoms with Gasteiger partial charge in [-0.2, -0.15) is 0 Å². The lowest BCUT2D eigenvalue weighted by Gasteiger charge is -2.20. The number of hydrogen-bond acceptors (Lipinski definition) is 8. The van der Waals surface area contributed by atoms with Crippen LogP contribution in [0.25, 0.3) is 0 Å². The maximum atomic E-state index is 13.0. The van der Waals surface area contributed by atoms with Crippen LogP contribution in [0.2, 0.25) is 5.02 Å². The van der Waals surface area contributed by atoms with Gasteiger partial charge in [-0.3, -0.25) is 4.98 Å². The van der Waals surface area contributed by atoms with E-state index >= 15 is 0 Å². The lowest BCUT2D eigenvalue weighted by molar-refractivity contribution is -0.160. The summed E-state index contributed by atoms with van der Waals surface area (Å²) in [5, 5.41) is 0.477. The molecular weight excluding hydrogens is 462 g/mol. The number of nitrogens with zero attached hydrogens (tertiary/aromatic N) is 1. The Kier molecular flexibility index (Phi) is 9.58. The maximum Gasteiger partial charge on any atom is 0.340 e. The summed E-state index contributed by atoms with van der Waals surface area (Å²) in [7, 11) is 1.25. The van der Waals surface area contributed by atoms with E-state index in [9.17, 15) is 14.4 Å². The number of pyridine rings is 1. The Morgan fingerprint density at radius 3 is 2.32 bits per heavy atom. The van der Waals surface area contributed by atoms with Crippen molar-refractivity contribution >= 4 is 29.5 Å². The van der Waals surface area contributed by atoms with Crippen LogP contribution in [-0.2, 0) is 36.8 Å². The Morgan fingerprint density at radius 2 is 1.74 bits per heavy atom. The molecule has 34 heavy (non-hydrogen) atoms. The second-order valence-electron chi connectivity index (χ2n) is 8.43. The number of esters is 3. The van der Waals surface area contributed by atoms with Gasteiger partial charge in [-0.15, -0.1) is 0 Å². The molecule has 0 unspecified atom stereocenters. The molecule has 0 fully saturated rings. The van der Waals surface area contributed by atoms with Gasteiger partial charge in [-0.05, 0) is 51.8 Å². The Balaban J connectivity index is 2.56. The van der Waals surface area contributed by atoms with Gasteiger partial charge in [0.15, 0.2) is 0 Å². The standard InChI is InChI=1S/C25H30ClNO7/c1-7-33-24(30)22-17(12-16-10-8-9-11-18(16)26)21(23(29)31-6)15(2)27-19(22)13-32-14-20(28)34-25(3,4)5/h8-11H,7,12-14H2,1-6H3. The van der Waals surface area contributed by atoms with Crippen molar-refractivity contribution in [2.75, 3.05) is 20.3 Å². The van der Waals surface area contributed by atoms with Crippen LogP contribution in [0.4, 0.5) is 0 Å². The maximum absolute atomic E-state index is 13.0. The number of carbonyl (C=O) groups excluding carboxylic acids is 3. The second kappa shape index (κ2) is 11.9. The normalized spacial score (nSPS) is 11.1. The van der Waals surface area contributed by atoms with Gasteiger partial charge >= 0.3 is 17.9 Å². The van der Waals surface area contributed by atoms with Crippen LogP contribution in [0.15, 0.2) is 24.3 Å². The van der Waals surface area contributed by atoms with Gasteiger partial charge in [-0.25, -0.2) is 14.4 Å². The van der Waals surface area contributed by atoms with Crippen molar-refractivity contribution in [3.05, 3.63) is 62.9 Å². The molecule has 9 heteroatoms. The molecule has 0 aliphatic rings. The topological polar surface area (TPSA) is 101 Å². The van der Waals surface area contributed by atoms with Crippen LogP contribution in [0.5, 0.6) is 0 Å². The van der Waals surface area contributed by atoms with Crippen molar-refractivity contribution < 1.29 is 33.3 Å². The van der Waals surface area contributed by atoms with Crippen molar-refractivity contribution in [3.63, 3.8) is 0 Å². The summed E-state index contributed by atoms with van der Waals surface area (Å²) in [6.45, 7) is 8.17. The lowest BCUT2D eigenvalue weighted by atomic mass is 9.92. The van der Waals surface area contributed by atoms with Crippen molar-refractivity contribution in [2.24, 2.45) is 0 Å². The summed E-state index contributed by atoms with van der Waals surface area (Å²) in [6, 6.07) is 7.11. The molecule has 1 aromatic carbocycles. The first-order valence-corrected chi connectivity index (χ1v) is 11.2. The fraction of sp³-hybridized carbons (Fsp3) is 0.440. The molecule has 0 amide bonds. The van der Waals surface area contributed by atoms with Crippen molar-refractivity contribution in [2.45, 2.75) is 53.2 Å². The number of hydrogen-bond donors (Lipinski definition) is 0. The molecule has 0 bridgehead atoms. The molecule has 0 saturated carbocycles. The molecule has 2 rings (SSSR count). The summed E-state index contributed by atoms with van der Waals surface area (Å²) in [4.78, 5) is 42.2. The number of rotatable bonds is 9. The van der Waals surface area contributed by atoms with Crippen LogP contribution in [0.3, 0.4) is 0 Å². The summed E-state index contributed by atoms with van der Waals surface area (Å²) >= 11 is 6.36. The van der Waals surface area contributed by atoms with Gasteiger partial charge in [-0.1, -0.05) is 29.8 Å². The van der Waals surface area contributed by atoms with E-state index < -0.39 is 23.5 Å². The first kappa shape index (κ1) is 27.3. The Morgan fingerprint density at radius 1 is 1.06 bits per heavy atom. The highest BCUT2D eigenvalue weighted by Crippen LogP contribution is 2.28. The highest BCUT2D eigenvalue weighted by molar-refractivity contribution is 6.31. The van der Waals surface area contributed by atoms with Crippen molar-refractivity contribution in [3.8, 4) is 0 Å². The highest BCUT2D eigenvalue weighted by atomic mass is 35.5. The van der Waals surface area contributed by atoms with Gasteiger partial charge in [0.05, 0.1) is 42.8 Å². The highest BCUT2D eigenvalue weighted by Gasteiger charge is 2.28. The van der Waals surface area contributed by atoms with Gasteiger partial charge in [0, 0.05) is 11.4 Å². The van der Waals surface area contributed by atoms with E-state index in [0.717, 1.165) is 0 Å². The van der Waals surface area contributed by atoms with E-state index in [1.807, 2.05) is 6.07 Å². The van der Waals surface area contributed by atoms with E-state index in [2.05, 4.69) is 4.98 Å². The average molecular weight is 492 g/mol. The fourth-order valence-electron chi connectivity index (χ4n) is 3.36. The lowest BCUT2D eigenvalue weighted by Crippen LogP contribution is -2.27. The molecule has 0 aliphatic carbocycles. The smallest absolute Gasteiger partial charge is 0.340 e. The number of methoxy groups -OCH3 is 1. The number of halogens is 1. The first-order valence-electron chi connectivity index (χ1n) is 10.8. The minimum Gasteiger partial charge on any atom is -0.465 e. The Hall–Kier alpha value is -2.97. The van der Waals surface area contributed by atoms with Gasteiger partial charge in [0.2, 0.25) is 0 Å². The predicted molar refractivity (Wildman–Crippen MR) is 126 cm³/mol. The first-order chi connectivity index (χ1) is 16.0. The third-order valence-electron chi connectivity index (χ3n) is 4.63. The largest absolute Gasteiger partial charge is 0.465 e. The van der Waals surface area contributed by atoms with Crippen molar-refractivity contribution in [1.82, 2.24) is 4.98 Å². The number of aromatic nitrogens is 1. The van der Waals surface area contributed by atoms with E-state index in [0.29, 0.717) is 21.8 Å². The number of carbonyl (C=O) groups is 3. The summed E-state index contributed by atoms with van der Waals surface area (Å²) in [5.41, 5.74) is 1.22. The van der Waals surface area contributed by atoms with Crippen LogP contribution in [-0.4, -0.2) is 48.8 Å². The van der Waals surface area contributed by atoms with Crippen LogP contribution in [0, 0.1) is 6.92 Å². The van der Waals surface area contributed by atoms with Gasteiger partial charge < -0.3 is 18.9 Å². The summed E-state index contributed by atoms with van der Waals surface area (Å²) in [6.07, 6.45) is 0.153. The van der Waals surface area contributed by atoms with Crippen LogP contribution in [0.1, 0.15) is 70.9 Å². The Bertz CT molecular complexity index is 1060. The molecule has 1 heterocycles. The fourth-order valence-corrected chi connectivity index (χ4v) is 3.57. The van der Waals surface area contributed by atoms with E-state index in [1.54, 1.807) is 52.8 Å². The number of aryl methyl sites for hydroxylation is 1. The van der Waals surface area contributed by atoms with Gasteiger partial charge in [0.25, 0.3) is 0 Å². The quantitative estimate of drug-likeness (QED) is 0.374. The molecule has 2 aromatic rings. The molecule has 0 N–H and O–H groups in total. The van der Waals surface area contributed by atoms with E-state index in [1.165, 1.54) is 7.11 Å². The summed E-state index contributed by atoms with van der Waals surface area (Å²) < 4.78 is 21.0. The molecule has 0 atom stereocenters. The van der Waals surface area contributed by atoms with Gasteiger partial charge in [0.1, 0.15) is 12.2 Å². The zero-order valence-electron chi connectivity index (χ0n) is 20.3. The minimum atomic E-state index is -0.668. The zero-order chi connectivity index (χ0) is 25.5. The SMILES string of the molecule is CCOC(=O)c1c(COCC(=O)OC(C)(C)C)nc(C)c(C(=O)OC)c1Cc1ccccc1Cl. The van der Waals surface area contributed by atoms with E-state index in [-0.39, 0.29) is 43.1 Å². The molecule has 0 spiro atoms. The third kappa shape index (κ3) is 7.27. The Labute approximate surface area is 204 Å². The monoisotopic (exact) mass is 491 g/mol. The third-order valence-corrected chi connectivity index (χ3v) is 5.00. The molecule has 8 nitrogen and oxygen atoms in total. The van der Waals surface area contributed by atoms with Crippen LogP contribution < -0.4 is 0 Å². The molecular formula is C25H30ClNO7. The number of ether oxygens (including phenoxy) is 4. The average Bonchev–Trinajstić information content (AvgIpc) is 2.73. The predicted octanol–water partition coefficient (Wildman–Crippen LogP) is 4.46. The molecule has 1 aromatic heterocycles. The number of benzene rings is 1. The zero-order valence-corrected chi connectivity index (χ0v) is 21.1. The molecule has 0 radical (unpaired) electrons. The van der Waals surface area contributed by atoms with Crippen molar-refractivity contribution in [1.29, 1.82) is 0 Å². The molecule has 0 saturated heterocycles. The second-order valence-corrected chi connectivity index (χ2v) is 8.84.